The first-order valence-corrected chi connectivity index (χ1v) is 12.0. The Morgan fingerprint density at radius 2 is 1.71 bits per heavy atom. The number of rotatable bonds is 4. The molecule has 0 saturated carbocycles. The maximum Gasteiger partial charge on any atom is 0.261 e. The van der Waals surface area contributed by atoms with Crippen LogP contribution in [0.25, 0.3) is 32.9 Å². The highest BCUT2D eigenvalue weighted by molar-refractivity contribution is 6.06. The zero-order valence-corrected chi connectivity index (χ0v) is 19.6. The lowest BCUT2D eigenvalue weighted by molar-refractivity contribution is 0.0685. The van der Waals surface area contributed by atoms with Gasteiger partial charge in [-0.2, -0.15) is 0 Å². The van der Waals surface area contributed by atoms with Gasteiger partial charge in [0.05, 0.1) is 22.9 Å². The minimum atomic E-state index is 0.0246. The molecule has 5 aromatic rings. The molecule has 1 aliphatic heterocycles. The number of nitrogens with zero attached hydrogens (tertiary/aromatic N) is 4. The summed E-state index contributed by atoms with van der Waals surface area (Å²) in [6, 6.07) is 18.6. The fourth-order valence-electron chi connectivity index (χ4n) is 5.09. The summed E-state index contributed by atoms with van der Waals surface area (Å²) in [6.07, 6.45) is 7.75. The van der Waals surface area contributed by atoms with Gasteiger partial charge < -0.3 is 4.74 Å². The monoisotopic (exact) mass is 462 g/mol. The molecule has 0 spiro atoms. The van der Waals surface area contributed by atoms with Crippen LogP contribution in [0.4, 0.5) is 0 Å². The predicted octanol–water partition coefficient (Wildman–Crippen LogP) is 5.26. The molecule has 0 atom stereocenters. The largest absolute Gasteiger partial charge is 0.381 e. The maximum absolute atomic E-state index is 13.6. The van der Waals surface area contributed by atoms with Gasteiger partial charge in [-0.3, -0.25) is 19.3 Å². The van der Waals surface area contributed by atoms with E-state index in [4.69, 9.17) is 9.72 Å². The first-order valence-electron chi connectivity index (χ1n) is 12.0. The normalized spacial score (nSPS) is 14.5. The van der Waals surface area contributed by atoms with Gasteiger partial charge in [0.1, 0.15) is 0 Å². The second kappa shape index (κ2) is 9.04. The summed E-state index contributed by atoms with van der Waals surface area (Å²) in [5.74, 6) is 0. The van der Waals surface area contributed by atoms with E-state index in [9.17, 15) is 4.79 Å². The Labute approximate surface area is 203 Å². The van der Waals surface area contributed by atoms with Crippen molar-refractivity contribution < 1.29 is 4.74 Å². The smallest absolute Gasteiger partial charge is 0.261 e. The van der Waals surface area contributed by atoms with Crippen LogP contribution < -0.4 is 5.56 Å². The van der Waals surface area contributed by atoms with Crippen LogP contribution in [-0.4, -0.2) is 32.7 Å². The molecule has 0 bridgehead atoms. The van der Waals surface area contributed by atoms with Crippen LogP contribution in [0.1, 0.15) is 35.7 Å². The van der Waals surface area contributed by atoms with Crippen LogP contribution in [0.2, 0.25) is 0 Å². The molecule has 0 unspecified atom stereocenters. The van der Waals surface area contributed by atoms with Crippen LogP contribution in [0, 0.1) is 6.92 Å². The molecule has 2 aromatic carbocycles. The van der Waals surface area contributed by atoms with Gasteiger partial charge >= 0.3 is 0 Å². The number of aryl methyl sites for hydroxylation is 1. The van der Waals surface area contributed by atoms with E-state index < -0.39 is 0 Å². The van der Waals surface area contributed by atoms with Gasteiger partial charge in [0.15, 0.2) is 0 Å². The topological polar surface area (TPSA) is 69.9 Å². The van der Waals surface area contributed by atoms with Gasteiger partial charge in [0.2, 0.25) is 0 Å². The molecule has 0 amide bonds. The standard InChI is InChI=1S/C29H26N4O2/c1-19-14-21(7-11-30-19)27-16-20(6-10-31-27)15-22-17-26-28(25-5-3-2-4-24(22)25)32-18-33(29(26)34)23-8-12-35-13-9-23/h2-7,10-11,14,16-18,23H,8-9,12-13,15H2,1H3. The predicted molar refractivity (Wildman–Crippen MR) is 138 cm³/mol. The van der Waals surface area contributed by atoms with Crippen molar-refractivity contribution in [2.24, 2.45) is 0 Å². The molecule has 6 rings (SSSR count). The maximum atomic E-state index is 13.6. The Hall–Kier alpha value is -3.90. The number of hydrogen-bond donors (Lipinski definition) is 0. The van der Waals surface area contributed by atoms with Crippen molar-refractivity contribution in [2.75, 3.05) is 13.2 Å². The molecule has 0 radical (unpaired) electrons. The number of ether oxygens (including phenoxy) is 1. The molecule has 1 fully saturated rings. The third-order valence-electron chi connectivity index (χ3n) is 6.87. The van der Waals surface area contributed by atoms with Gasteiger partial charge in [0, 0.05) is 48.3 Å². The molecule has 3 aromatic heterocycles. The van der Waals surface area contributed by atoms with Crippen molar-refractivity contribution in [3.8, 4) is 11.3 Å². The average Bonchev–Trinajstić information content (AvgIpc) is 2.90. The summed E-state index contributed by atoms with van der Waals surface area (Å²) in [5.41, 5.74) is 5.97. The van der Waals surface area contributed by atoms with Crippen molar-refractivity contribution >= 4 is 21.7 Å². The molecule has 35 heavy (non-hydrogen) atoms. The fourth-order valence-corrected chi connectivity index (χ4v) is 5.09. The number of fused-ring (bicyclic) bond motifs is 3. The van der Waals surface area contributed by atoms with Crippen LogP contribution in [0.5, 0.6) is 0 Å². The lowest BCUT2D eigenvalue weighted by Gasteiger charge is -2.24. The average molecular weight is 463 g/mol. The Morgan fingerprint density at radius 1 is 0.914 bits per heavy atom. The minimum absolute atomic E-state index is 0.0246. The summed E-state index contributed by atoms with van der Waals surface area (Å²) >= 11 is 0. The van der Waals surface area contributed by atoms with E-state index in [2.05, 4.69) is 28.2 Å². The van der Waals surface area contributed by atoms with E-state index in [1.165, 1.54) is 0 Å². The van der Waals surface area contributed by atoms with Crippen LogP contribution in [0.3, 0.4) is 0 Å². The first kappa shape index (κ1) is 21.6. The van der Waals surface area contributed by atoms with Crippen LogP contribution in [0.15, 0.2) is 78.1 Å². The van der Waals surface area contributed by atoms with E-state index in [1.807, 2.05) is 55.7 Å². The molecule has 1 saturated heterocycles. The Balaban J connectivity index is 1.47. The molecule has 0 aliphatic carbocycles. The first-order chi connectivity index (χ1) is 17.2. The lowest BCUT2D eigenvalue weighted by Crippen LogP contribution is -2.29. The Kier molecular flexibility index (Phi) is 5.58. The molecule has 6 heteroatoms. The van der Waals surface area contributed by atoms with Crippen LogP contribution in [-0.2, 0) is 11.2 Å². The van der Waals surface area contributed by atoms with E-state index >= 15 is 0 Å². The molecule has 4 heterocycles. The van der Waals surface area contributed by atoms with Crippen molar-refractivity contribution in [1.29, 1.82) is 0 Å². The van der Waals surface area contributed by atoms with E-state index in [0.29, 0.717) is 25.0 Å². The highest BCUT2D eigenvalue weighted by atomic mass is 16.5. The SMILES string of the molecule is Cc1cc(-c2cc(Cc3cc4c(=O)n(C5CCOCC5)cnc4c4ccccc34)ccn2)ccn1. The van der Waals surface area contributed by atoms with E-state index in [1.54, 1.807) is 10.9 Å². The zero-order chi connectivity index (χ0) is 23.8. The number of hydrogen-bond acceptors (Lipinski definition) is 5. The molecule has 0 N–H and O–H groups in total. The van der Waals surface area contributed by atoms with Crippen LogP contribution >= 0.6 is 0 Å². The number of pyridine rings is 2. The van der Waals surface area contributed by atoms with Crippen molar-refractivity contribution in [3.05, 3.63) is 100 Å². The second-order valence-corrected chi connectivity index (χ2v) is 9.19. The van der Waals surface area contributed by atoms with Gasteiger partial charge in [0.25, 0.3) is 5.56 Å². The van der Waals surface area contributed by atoms with Gasteiger partial charge in [-0.25, -0.2) is 4.98 Å². The molecule has 1 aliphatic rings. The Morgan fingerprint density at radius 3 is 2.54 bits per heavy atom. The number of benzene rings is 2. The molecule has 174 valence electrons. The number of aromatic nitrogens is 4. The highest BCUT2D eigenvalue weighted by Gasteiger charge is 2.19. The zero-order valence-electron chi connectivity index (χ0n) is 19.6. The fraction of sp³-hybridized carbons (Fsp3) is 0.241. The summed E-state index contributed by atoms with van der Waals surface area (Å²) in [5, 5.41) is 2.80. The summed E-state index contributed by atoms with van der Waals surface area (Å²) in [4.78, 5) is 27.3. The highest BCUT2D eigenvalue weighted by Crippen LogP contribution is 2.29. The second-order valence-electron chi connectivity index (χ2n) is 9.19. The summed E-state index contributed by atoms with van der Waals surface area (Å²) < 4.78 is 7.30. The third kappa shape index (κ3) is 4.10. The van der Waals surface area contributed by atoms with Gasteiger partial charge in [-0.15, -0.1) is 0 Å². The van der Waals surface area contributed by atoms with Crippen molar-refractivity contribution in [3.63, 3.8) is 0 Å². The summed E-state index contributed by atoms with van der Waals surface area (Å²) in [6.45, 7) is 3.34. The molecular weight excluding hydrogens is 436 g/mol. The van der Waals surface area contributed by atoms with Crippen molar-refractivity contribution in [1.82, 2.24) is 19.5 Å². The summed E-state index contributed by atoms with van der Waals surface area (Å²) in [7, 11) is 0. The van der Waals surface area contributed by atoms with E-state index in [0.717, 1.165) is 57.2 Å². The minimum Gasteiger partial charge on any atom is -0.381 e. The van der Waals surface area contributed by atoms with E-state index in [-0.39, 0.29) is 11.6 Å². The lowest BCUT2D eigenvalue weighted by atomic mass is 9.95. The van der Waals surface area contributed by atoms with Gasteiger partial charge in [-0.05, 0) is 73.0 Å². The third-order valence-corrected chi connectivity index (χ3v) is 6.87. The molecule has 6 nitrogen and oxygen atoms in total. The van der Waals surface area contributed by atoms with Crippen molar-refractivity contribution in [2.45, 2.75) is 32.2 Å². The molecular formula is C29H26N4O2. The van der Waals surface area contributed by atoms with Gasteiger partial charge in [-0.1, -0.05) is 24.3 Å². The quantitative estimate of drug-likeness (QED) is 0.341. The Bertz CT molecular complexity index is 1600.